The first-order chi connectivity index (χ1) is 14.4. The van der Waals surface area contributed by atoms with Crippen LogP contribution in [0.1, 0.15) is 42.2 Å². The van der Waals surface area contributed by atoms with Crippen LogP contribution in [0, 0.1) is 20.8 Å². The minimum atomic E-state index is -5.71. The molecule has 0 saturated heterocycles. The van der Waals surface area contributed by atoms with Gasteiger partial charge in [-0.3, -0.25) is 0 Å². The van der Waals surface area contributed by atoms with Crippen LogP contribution in [0.5, 0.6) is 5.75 Å². The summed E-state index contributed by atoms with van der Waals surface area (Å²) in [5, 5.41) is 8.93. The lowest BCUT2D eigenvalue weighted by molar-refractivity contribution is -0.0450. The fourth-order valence-electron chi connectivity index (χ4n) is 2.86. The van der Waals surface area contributed by atoms with E-state index in [1.165, 1.54) is 0 Å². The van der Waals surface area contributed by atoms with Crippen LogP contribution in [0.3, 0.4) is 0 Å². The lowest BCUT2D eigenvalue weighted by Gasteiger charge is -2.16. The Kier molecular flexibility index (Phi) is 6.07. The molecule has 9 nitrogen and oxygen atoms in total. The Hall–Kier alpha value is -2.96. The summed E-state index contributed by atoms with van der Waals surface area (Å²) in [4.78, 5) is 4.18. The van der Waals surface area contributed by atoms with Crippen molar-refractivity contribution in [3.8, 4) is 17.1 Å². The highest BCUT2D eigenvalue weighted by Crippen LogP contribution is 2.32. The van der Waals surface area contributed by atoms with Crippen LogP contribution in [-0.2, 0) is 9.84 Å². The van der Waals surface area contributed by atoms with Crippen molar-refractivity contribution in [3.63, 3.8) is 0 Å². The monoisotopic (exact) mass is 460 g/mol. The molecule has 0 fully saturated rings. The molecule has 1 unspecified atom stereocenters. The molecular formula is C18H19F3N4O5S. The summed E-state index contributed by atoms with van der Waals surface area (Å²) >= 11 is 0. The predicted octanol–water partition coefficient (Wildman–Crippen LogP) is 3.91. The molecule has 0 aliphatic rings. The summed E-state index contributed by atoms with van der Waals surface area (Å²) in [6, 6.07) is 3.63. The van der Waals surface area contributed by atoms with Crippen molar-refractivity contribution in [2.24, 2.45) is 0 Å². The van der Waals surface area contributed by atoms with Crippen LogP contribution >= 0.6 is 0 Å². The summed E-state index contributed by atoms with van der Waals surface area (Å²) in [5.41, 5.74) is -3.23. The highest BCUT2D eigenvalue weighted by Gasteiger charge is 2.51. The fourth-order valence-corrected chi connectivity index (χ4v) is 3.41. The number of halogens is 3. The van der Waals surface area contributed by atoms with Gasteiger partial charge in [0.1, 0.15) is 5.75 Å². The summed E-state index contributed by atoms with van der Waals surface area (Å²) in [6.07, 6.45) is 0.367. The van der Waals surface area contributed by atoms with Gasteiger partial charge < -0.3 is 13.7 Å². The summed E-state index contributed by atoms with van der Waals surface area (Å²) in [6.45, 7) is 7.05. The highest BCUT2D eigenvalue weighted by atomic mass is 32.2. The van der Waals surface area contributed by atoms with Crippen LogP contribution in [0.15, 0.2) is 26.3 Å². The van der Waals surface area contributed by atoms with Crippen molar-refractivity contribution in [2.45, 2.75) is 50.8 Å². The van der Waals surface area contributed by atoms with Crippen molar-refractivity contribution >= 4 is 9.84 Å². The summed E-state index contributed by atoms with van der Waals surface area (Å²) in [5.74, 6) is 0.571. The Morgan fingerprint density at radius 3 is 2.29 bits per heavy atom. The standard InChI is InChI=1S/C18H19F3N4O5S/c1-5-12(16-23-24-17(29-16)31(26,27)18(19,20)21)8-28-14-9(2)6-13(7-10(14)3)15-22-11(4)30-25-15/h6-7,12H,5,8H2,1-4H3. The Morgan fingerprint density at radius 1 is 1.13 bits per heavy atom. The van der Waals surface area contributed by atoms with E-state index in [4.69, 9.17) is 13.7 Å². The Bertz CT molecular complexity index is 1160. The predicted molar refractivity (Wildman–Crippen MR) is 100 cm³/mol. The number of sulfone groups is 1. The second-order valence-corrected chi connectivity index (χ2v) is 8.67. The number of alkyl halides is 3. The molecule has 2 aromatic heterocycles. The Balaban J connectivity index is 1.79. The highest BCUT2D eigenvalue weighted by molar-refractivity contribution is 7.92. The second kappa shape index (κ2) is 8.29. The van der Waals surface area contributed by atoms with E-state index in [0.717, 1.165) is 16.7 Å². The van der Waals surface area contributed by atoms with Crippen molar-refractivity contribution in [1.29, 1.82) is 0 Å². The Morgan fingerprint density at radius 2 is 1.77 bits per heavy atom. The molecule has 0 radical (unpaired) electrons. The molecule has 3 aromatic rings. The molecule has 0 spiro atoms. The number of hydrogen-bond donors (Lipinski definition) is 0. The first kappa shape index (κ1) is 22.7. The van der Waals surface area contributed by atoms with Gasteiger partial charge >= 0.3 is 20.6 Å². The molecule has 0 aliphatic heterocycles. The summed E-state index contributed by atoms with van der Waals surface area (Å²) in [7, 11) is -5.71. The molecule has 31 heavy (non-hydrogen) atoms. The quantitative estimate of drug-likeness (QED) is 0.516. The maximum atomic E-state index is 12.7. The van der Waals surface area contributed by atoms with E-state index >= 15 is 0 Å². The molecule has 0 saturated carbocycles. The topological polar surface area (TPSA) is 121 Å². The summed E-state index contributed by atoms with van der Waals surface area (Å²) < 4.78 is 76.5. The third kappa shape index (κ3) is 4.55. The van der Waals surface area contributed by atoms with Gasteiger partial charge in [-0.1, -0.05) is 17.2 Å². The zero-order valence-corrected chi connectivity index (χ0v) is 17.8. The number of hydrogen-bond acceptors (Lipinski definition) is 9. The van der Waals surface area contributed by atoms with E-state index in [9.17, 15) is 21.6 Å². The van der Waals surface area contributed by atoms with Gasteiger partial charge in [0, 0.05) is 12.5 Å². The van der Waals surface area contributed by atoms with E-state index in [-0.39, 0.29) is 12.5 Å². The van der Waals surface area contributed by atoms with Gasteiger partial charge in [-0.2, -0.15) is 18.2 Å². The van der Waals surface area contributed by atoms with Gasteiger partial charge in [0.15, 0.2) is 0 Å². The molecule has 0 N–H and O–H groups in total. The minimum absolute atomic E-state index is 0.00740. The molecule has 0 aliphatic carbocycles. The fraction of sp³-hybridized carbons (Fsp3) is 0.444. The smallest absolute Gasteiger partial charge is 0.492 e. The SMILES string of the molecule is CCC(COc1c(C)cc(-c2noc(C)n2)cc1C)c1nnc(S(=O)(=O)C(F)(F)F)o1. The second-order valence-electron chi connectivity index (χ2n) is 6.85. The van der Waals surface area contributed by atoms with Crippen molar-refractivity contribution in [3.05, 3.63) is 35.0 Å². The maximum Gasteiger partial charge on any atom is 0.506 e. The molecule has 168 valence electrons. The number of rotatable bonds is 7. The van der Waals surface area contributed by atoms with Crippen LogP contribution in [-0.4, -0.2) is 40.9 Å². The zero-order chi connectivity index (χ0) is 23.0. The van der Waals surface area contributed by atoms with Crippen LogP contribution < -0.4 is 4.74 Å². The average molecular weight is 460 g/mol. The third-order valence-electron chi connectivity index (χ3n) is 4.47. The first-order valence-electron chi connectivity index (χ1n) is 9.13. The third-order valence-corrected chi connectivity index (χ3v) is 5.71. The van der Waals surface area contributed by atoms with E-state index in [2.05, 4.69) is 20.3 Å². The van der Waals surface area contributed by atoms with Crippen LogP contribution in [0.2, 0.25) is 0 Å². The van der Waals surface area contributed by atoms with Gasteiger partial charge in [-0.05, 0) is 43.5 Å². The van der Waals surface area contributed by atoms with Crippen molar-refractivity contribution in [1.82, 2.24) is 20.3 Å². The largest absolute Gasteiger partial charge is 0.506 e. The molecule has 2 heterocycles. The molecule has 0 amide bonds. The van der Waals surface area contributed by atoms with E-state index in [1.807, 2.05) is 26.0 Å². The number of ether oxygens (including phenoxy) is 1. The van der Waals surface area contributed by atoms with E-state index < -0.39 is 26.5 Å². The van der Waals surface area contributed by atoms with Crippen LogP contribution in [0.4, 0.5) is 13.2 Å². The van der Waals surface area contributed by atoms with Crippen molar-refractivity contribution in [2.75, 3.05) is 6.61 Å². The molecular weight excluding hydrogens is 441 g/mol. The van der Waals surface area contributed by atoms with E-state index in [0.29, 0.717) is 23.9 Å². The normalized spacial score (nSPS) is 13.4. The lowest BCUT2D eigenvalue weighted by atomic mass is 10.0. The molecule has 3 rings (SSSR count). The average Bonchev–Trinajstić information content (AvgIpc) is 3.33. The number of nitrogens with zero attached hydrogens (tertiary/aromatic N) is 4. The van der Waals surface area contributed by atoms with Crippen molar-refractivity contribution < 1.29 is 35.3 Å². The van der Waals surface area contributed by atoms with Gasteiger partial charge in [0.25, 0.3) is 0 Å². The molecule has 1 aromatic carbocycles. The van der Waals surface area contributed by atoms with Crippen LogP contribution in [0.25, 0.3) is 11.4 Å². The van der Waals surface area contributed by atoms with E-state index in [1.54, 1.807) is 13.8 Å². The van der Waals surface area contributed by atoms with Gasteiger partial charge in [0.2, 0.25) is 17.6 Å². The number of aromatic nitrogens is 4. The molecule has 13 heteroatoms. The number of benzene rings is 1. The first-order valence-corrected chi connectivity index (χ1v) is 10.6. The van der Waals surface area contributed by atoms with Gasteiger partial charge in [0.05, 0.1) is 12.5 Å². The zero-order valence-electron chi connectivity index (χ0n) is 17.0. The van der Waals surface area contributed by atoms with Gasteiger partial charge in [-0.25, -0.2) is 8.42 Å². The lowest BCUT2D eigenvalue weighted by Crippen LogP contribution is -2.23. The Labute approximate surface area is 175 Å². The molecule has 0 bridgehead atoms. The minimum Gasteiger partial charge on any atom is -0.492 e. The maximum absolute atomic E-state index is 12.7. The van der Waals surface area contributed by atoms with Gasteiger partial charge in [-0.15, -0.1) is 5.10 Å². The molecule has 1 atom stereocenters. The number of aryl methyl sites for hydroxylation is 3.